The van der Waals surface area contributed by atoms with Crippen molar-refractivity contribution < 1.29 is 9.47 Å². The highest BCUT2D eigenvalue weighted by Gasteiger charge is 2.14. The second-order valence-corrected chi connectivity index (χ2v) is 11.9. The summed E-state index contributed by atoms with van der Waals surface area (Å²) in [6, 6.07) is 29.0. The van der Waals surface area contributed by atoms with Crippen LogP contribution in [0.5, 0.6) is 11.5 Å². The fourth-order valence-corrected chi connectivity index (χ4v) is 4.43. The van der Waals surface area contributed by atoms with Crippen molar-refractivity contribution in [3.8, 4) is 11.5 Å². The number of aromatic nitrogens is 2. The van der Waals surface area contributed by atoms with E-state index in [0.717, 1.165) is 44.7 Å². The summed E-state index contributed by atoms with van der Waals surface area (Å²) < 4.78 is 12.1. The van der Waals surface area contributed by atoms with Gasteiger partial charge < -0.3 is 9.47 Å². The maximum atomic E-state index is 6.06. The molecule has 38 heavy (non-hydrogen) atoms. The van der Waals surface area contributed by atoms with Gasteiger partial charge in [0.25, 0.3) is 0 Å². The Morgan fingerprint density at radius 2 is 0.816 bits per heavy atom. The third-order valence-electron chi connectivity index (χ3n) is 6.85. The van der Waals surface area contributed by atoms with E-state index in [1.54, 1.807) is 0 Å². The molecule has 3 aromatic carbocycles. The van der Waals surface area contributed by atoms with Crippen molar-refractivity contribution in [2.24, 2.45) is 0 Å². The first-order valence-electron chi connectivity index (χ1n) is 13.2. The molecule has 0 fully saturated rings. The van der Waals surface area contributed by atoms with E-state index < -0.39 is 0 Å². The minimum absolute atomic E-state index is 0.118. The monoisotopic (exact) mass is 504 g/mol. The molecule has 0 atom stereocenters. The van der Waals surface area contributed by atoms with E-state index in [4.69, 9.17) is 19.4 Å². The summed E-state index contributed by atoms with van der Waals surface area (Å²) in [5.74, 6) is 1.68. The average molecular weight is 505 g/mol. The molecule has 0 saturated carbocycles. The number of benzene rings is 3. The lowest BCUT2D eigenvalue weighted by Crippen LogP contribution is -2.10. The second-order valence-electron chi connectivity index (χ2n) is 11.9. The third-order valence-corrected chi connectivity index (χ3v) is 6.85. The zero-order chi connectivity index (χ0) is 26.9. The van der Waals surface area contributed by atoms with E-state index in [-0.39, 0.29) is 10.8 Å². The van der Waals surface area contributed by atoms with Gasteiger partial charge in [0, 0.05) is 10.8 Å². The van der Waals surface area contributed by atoms with Gasteiger partial charge in [-0.3, -0.25) is 0 Å². The molecule has 2 heterocycles. The number of hydrogen-bond donors (Lipinski definition) is 0. The van der Waals surface area contributed by atoms with Crippen molar-refractivity contribution >= 4 is 21.8 Å². The van der Waals surface area contributed by atoms with Crippen molar-refractivity contribution in [3.63, 3.8) is 0 Å². The molecule has 2 aromatic heterocycles. The summed E-state index contributed by atoms with van der Waals surface area (Å²) in [5, 5.41) is 2.11. The summed E-state index contributed by atoms with van der Waals surface area (Å²) in [6.45, 7) is 14.1. The normalized spacial score (nSPS) is 12.2. The van der Waals surface area contributed by atoms with Gasteiger partial charge >= 0.3 is 0 Å². The fourth-order valence-electron chi connectivity index (χ4n) is 4.43. The summed E-state index contributed by atoms with van der Waals surface area (Å²) >= 11 is 0. The van der Waals surface area contributed by atoms with Crippen LogP contribution in [-0.2, 0) is 24.0 Å². The van der Waals surface area contributed by atoms with Gasteiger partial charge in [-0.1, -0.05) is 90.1 Å². The molecule has 194 valence electrons. The summed E-state index contributed by atoms with van der Waals surface area (Å²) in [6.07, 6.45) is 0. The predicted molar refractivity (Wildman–Crippen MR) is 156 cm³/mol. The molecule has 0 aliphatic heterocycles. The Hall–Kier alpha value is -3.92. The van der Waals surface area contributed by atoms with Gasteiger partial charge in [-0.25, -0.2) is 9.97 Å². The molecule has 0 radical (unpaired) electrons. The molecular weight excluding hydrogens is 468 g/mol. The Morgan fingerprint density at radius 3 is 1.16 bits per heavy atom. The van der Waals surface area contributed by atoms with Gasteiger partial charge in [-0.15, -0.1) is 0 Å². The van der Waals surface area contributed by atoms with Gasteiger partial charge in [0.05, 0.1) is 22.4 Å². The smallest absolute Gasteiger partial charge is 0.130 e. The van der Waals surface area contributed by atoms with Crippen LogP contribution in [0.2, 0.25) is 0 Å². The van der Waals surface area contributed by atoms with Crippen LogP contribution in [0, 0.1) is 0 Å². The van der Waals surface area contributed by atoms with Crippen molar-refractivity contribution in [1.82, 2.24) is 9.97 Å². The zero-order valence-electron chi connectivity index (χ0n) is 23.2. The Kier molecular flexibility index (Phi) is 6.83. The summed E-state index contributed by atoms with van der Waals surface area (Å²) in [7, 11) is 0. The lowest BCUT2D eigenvalue weighted by atomic mass is 9.87. The minimum atomic E-state index is 0.118. The van der Waals surface area contributed by atoms with Crippen LogP contribution in [-0.4, -0.2) is 9.97 Å². The third kappa shape index (κ3) is 5.80. The van der Waals surface area contributed by atoms with E-state index in [1.807, 2.05) is 36.4 Å². The maximum absolute atomic E-state index is 6.06. The summed E-state index contributed by atoms with van der Waals surface area (Å²) in [4.78, 5) is 9.88. The SMILES string of the molecule is CC(C)(C)c1ccc(OCc2ccc3ccc4ccc(COc5ccc(C(C)(C)C)cc5)nc4c3n2)cc1. The Labute approximate surface area is 225 Å². The van der Waals surface area contributed by atoms with Gasteiger partial charge in [0.1, 0.15) is 24.7 Å². The van der Waals surface area contributed by atoms with Gasteiger partial charge in [0.15, 0.2) is 0 Å². The van der Waals surface area contributed by atoms with Crippen molar-refractivity contribution in [2.75, 3.05) is 0 Å². The van der Waals surface area contributed by atoms with Gasteiger partial charge in [-0.05, 0) is 58.4 Å². The number of ether oxygens (including phenoxy) is 2. The average Bonchev–Trinajstić information content (AvgIpc) is 2.90. The van der Waals surface area contributed by atoms with Crippen molar-refractivity contribution in [3.05, 3.63) is 107 Å². The van der Waals surface area contributed by atoms with Crippen LogP contribution in [0.25, 0.3) is 21.8 Å². The molecule has 0 amide bonds. The highest BCUT2D eigenvalue weighted by molar-refractivity contribution is 6.02. The maximum Gasteiger partial charge on any atom is 0.130 e. The first kappa shape index (κ1) is 25.7. The van der Waals surface area contributed by atoms with Gasteiger partial charge in [-0.2, -0.15) is 0 Å². The molecule has 0 aliphatic carbocycles. The van der Waals surface area contributed by atoms with Crippen LogP contribution in [0.3, 0.4) is 0 Å². The van der Waals surface area contributed by atoms with E-state index in [9.17, 15) is 0 Å². The number of hydrogen-bond acceptors (Lipinski definition) is 4. The molecule has 5 aromatic rings. The minimum Gasteiger partial charge on any atom is -0.487 e. The number of rotatable bonds is 6. The molecule has 5 rings (SSSR count). The van der Waals surface area contributed by atoms with E-state index in [1.165, 1.54) is 11.1 Å². The lowest BCUT2D eigenvalue weighted by Gasteiger charge is -2.19. The molecule has 0 saturated heterocycles. The predicted octanol–water partition coefficient (Wildman–Crippen LogP) is 8.54. The molecule has 0 unspecified atom stereocenters. The Morgan fingerprint density at radius 1 is 0.474 bits per heavy atom. The number of pyridine rings is 2. The van der Waals surface area contributed by atoms with Crippen LogP contribution >= 0.6 is 0 Å². The van der Waals surface area contributed by atoms with Crippen molar-refractivity contribution in [2.45, 2.75) is 65.6 Å². The van der Waals surface area contributed by atoms with Crippen LogP contribution < -0.4 is 9.47 Å². The number of fused-ring (bicyclic) bond motifs is 3. The van der Waals surface area contributed by atoms with E-state index in [2.05, 4.69) is 90.1 Å². The topological polar surface area (TPSA) is 44.2 Å². The molecule has 4 heteroatoms. The molecule has 0 N–H and O–H groups in total. The first-order valence-corrected chi connectivity index (χ1v) is 13.2. The van der Waals surface area contributed by atoms with Crippen molar-refractivity contribution in [1.29, 1.82) is 0 Å². The second kappa shape index (κ2) is 10.1. The van der Waals surface area contributed by atoms with Crippen LogP contribution in [0.4, 0.5) is 0 Å². The molecular formula is C34H36N2O2. The highest BCUT2D eigenvalue weighted by Crippen LogP contribution is 2.27. The molecule has 0 aliphatic rings. The standard InChI is InChI=1S/C34H36N2O2/c1-33(2,3)25-11-17-29(18-12-25)37-21-27-15-9-23-7-8-24-10-16-28(36-32(24)31(23)35-27)22-38-30-19-13-26(14-20-30)34(4,5)6/h7-20H,21-22H2,1-6H3. The van der Waals surface area contributed by atoms with E-state index >= 15 is 0 Å². The number of nitrogens with zero attached hydrogens (tertiary/aromatic N) is 2. The largest absolute Gasteiger partial charge is 0.487 e. The van der Waals surface area contributed by atoms with E-state index in [0.29, 0.717) is 13.2 Å². The molecule has 0 bridgehead atoms. The quantitative estimate of drug-likeness (QED) is 0.217. The Balaban J connectivity index is 1.34. The summed E-state index contributed by atoms with van der Waals surface area (Å²) in [5.41, 5.74) is 6.30. The highest BCUT2D eigenvalue weighted by atomic mass is 16.5. The Bertz CT molecular complexity index is 1440. The van der Waals surface area contributed by atoms with Crippen LogP contribution in [0.1, 0.15) is 64.1 Å². The fraction of sp³-hybridized carbons (Fsp3) is 0.294. The van der Waals surface area contributed by atoms with Crippen LogP contribution in [0.15, 0.2) is 84.9 Å². The first-order chi connectivity index (χ1) is 18.1. The lowest BCUT2D eigenvalue weighted by molar-refractivity contribution is 0.301. The zero-order valence-corrected chi connectivity index (χ0v) is 23.2. The molecule has 0 spiro atoms. The molecule has 4 nitrogen and oxygen atoms in total. The van der Waals surface area contributed by atoms with Gasteiger partial charge in [0.2, 0.25) is 0 Å².